The number of carbonyl (C=O) groups excluding carboxylic acids is 1. The fourth-order valence-electron chi connectivity index (χ4n) is 3.70. The van der Waals surface area contributed by atoms with Crippen molar-refractivity contribution < 1.29 is 67.0 Å². The molecular weight excluding hydrogens is 564 g/mol. The Bertz CT molecular complexity index is 1220. The normalized spacial score (nSPS) is 36.8. The lowest BCUT2D eigenvalue weighted by molar-refractivity contribution is -0.236. The molecule has 216 valence electrons. The molecular formula is C17H27N3O16P2. The molecule has 1 amide bonds. The van der Waals surface area contributed by atoms with Crippen LogP contribution < -0.4 is 16.6 Å². The summed E-state index contributed by atoms with van der Waals surface area (Å²) in [5.41, 5.74) is -1.73. The van der Waals surface area contributed by atoms with Gasteiger partial charge in [0.1, 0.15) is 36.6 Å². The highest BCUT2D eigenvalue weighted by Gasteiger charge is 2.49. The number of hydrogen-bond donors (Lipinski definition) is 8. The van der Waals surface area contributed by atoms with E-state index in [9.17, 15) is 53.7 Å². The number of nitrogens with zero attached hydrogens (tertiary/aromatic N) is 1. The molecule has 0 aliphatic carbocycles. The summed E-state index contributed by atoms with van der Waals surface area (Å²) in [6.45, 7) is 1.30. The first-order valence-corrected chi connectivity index (χ1v) is 13.8. The largest absolute Gasteiger partial charge is 0.483 e. The lowest BCUT2D eigenvalue weighted by Gasteiger charge is -2.41. The Morgan fingerprint density at radius 2 is 1.74 bits per heavy atom. The van der Waals surface area contributed by atoms with Gasteiger partial charge in [-0.25, -0.2) is 13.9 Å². The van der Waals surface area contributed by atoms with Gasteiger partial charge in [-0.3, -0.25) is 28.2 Å². The first-order chi connectivity index (χ1) is 17.5. The van der Waals surface area contributed by atoms with Crippen molar-refractivity contribution in [2.45, 2.75) is 69.0 Å². The number of rotatable bonds is 9. The van der Waals surface area contributed by atoms with Gasteiger partial charge in [-0.2, -0.15) is 4.31 Å². The Morgan fingerprint density at radius 1 is 1.08 bits per heavy atom. The summed E-state index contributed by atoms with van der Waals surface area (Å²) < 4.78 is 49.4. The van der Waals surface area contributed by atoms with Crippen molar-refractivity contribution in [3.8, 4) is 0 Å². The van der Waals surface area contributed by atoms with Gasteiger partial charge in [-0.15, -0.1) is 0 Å². The van der Waals surface area contributed by atoms with E-state index in [2.05, 4.69) is 14.2 Å². The van der Waals surface area contributed by atoms with Crippen LogP contribution in [0.25, 0.3) is 0 Å². The number of nitrogens with one attached hydrogen (secondary N) is 2. The molecule has 8 N–H and O–H groups in total. The number of carbonyl (C=O) groups is 1. The van der Waals surface area contributed by atoms with Crippen molar-refractivity contribution >= 4 is 21.6 Å². The molecule has 19 nitrogen and oxygen atoms in total. The van der Waals surface area contributed by atoms with E-state index in [0.717, 1.165) is 23.8 Å². The topological polar surface area (TPSA) is 286 Å². The molecule has 0 aromatic carbocycles. The molecule has 11 atom stereocenters. The maximum absolute atomic E-state index is 12.4. The predicted octanol–water partition coefficient (Wildman–Crippen LogP) is -3.62. The number of aliphatic hydroxyl groups excluding tert-OH is 4. The second-order valence-corrected chi connectivity index (χ2v) is 11.4. The zero-order valence-corrected chi connectivity index (χ0v) is 21.5. The number of ether oxygens (including phenoxy) is 2. The molecule has 3 rings (SSSR count). The van der Waals surface area contributed by atoms with E-state index in [1.807, 2.05) is 4.98 Å². The lowest BCUT2D eigenvalue weighted by atomic mass is 9.98. The van der Waals surface area contributed by atoms with Crippen molar-refractivity contribution in [2.75, 3.05) is 6.61 Å². The molecule has 2 aliphatic heterocycles. The standard InChI is InChI=1S/C17H27N3O16P2/c1-6-11(23)13(25)10(18-7(2)21)16(33-6)35-38(30,31)36-37(28,29)32-5-8-12(24)14(26)15(34-8)20-4-3-9(22)19-17(20)27/h3-4,6,8,10-16,23-26H,5H2,1-2H3,(H,18,21)(H,28,29)(H,30,31)(H,19,22,27)/t6-,8-,10-,11-,12-,13-,14-,15-,16-/m1/s1. The first kappa shape index (κ1) is 30.7. The van der Waals surface area contributed by atoms with Gasteiger partial charge in [-0.05, 0) is 6.92 Å². The number of hydrogen-bond acceptors (Lipinski definition) is 14. The van der Waals surface area contributed by atoms with Crippen LogP contribution in [0.1, 0.15) is 20.1 Å². The monoisotopic (exact) mass is 591 g/mol. The molecule has 21 heteroatoms. The Labute approximate surface area is 212 Å². The van der Waals surface area contributed by atoms with Gasteiger partial charge in [0.05, 0.1) is 12.7 Å². The minimum atomic E-state index is -5.53. The van der Waals surface area contributed by atoms with E-state index in [1.165, 1.54) is 6.92 Å². The Hall–Kier alpha value is -1.83. The van der Waals surface area contributed by atoms with Crippen LogP contribution in [-0.2, 0) is 36.8 Å². The third-order valence-electron chi connectivity index (χ3n) is 5.52. The molecule has 0 bridgehead atoms. The number of amides is 1. The average Bonchev–Trinajstić information content (AvgIpc) is 3.06. The van der Waals surface area contributed by atoms with Crippen LogP contribution in [0.15, 0.2) is 21.9 Å². The van der Waals surface area contributed by atoms with Gasteiger partial charge in [0, 0.05) is 19.2 Å². The van der Waals surface area contributed by atoms with Crippen molar-refractivity contribution in [2.24, 2.45) is 0 Å². The van der Waals surface area contributed by atoms with Crippen LogP contribution in [0.2, 0.25) is 0 Å². The molecule has 2 saturated heterocycles. The number of phosphoric ester groups is 2. The summed E-state index contributed by atoms with van der Waals surface area (Å²) in [7, 11) is -11.0. The van der Waals surface area contributed by atoms with Gasteiger partial charge < -0.3 is 45.0 Å². The van der Waals surface area contributed by atoms with Gasteiger partial charge in [0.25, 0.3) is 5.56 Å². The molecule has 2 fully saturated rings. The van der Waals surface area contributed by atoms with Crippen molar-refractivity contribution in [1.29, 1.82) is 0 Å². The second-order valence-electron chi connectivity index (χ2n) is 8.40. The Kier molecular flexibility index (Phi) is 9.48. The quantitative estimate of drug-likeness (QED) is 0.129. The highest BCUT2D eigenvalue weighted by atomic mass is 31.3. The number of aromatic amines is 1. The van der Waals surface area contributed by atoms with Crippen LogP contribution in [-0.4, -0.2) is 101 Å². The zero-order chi connectivity index (χ0) is 28.6. The fraction of sp³-hybridized carbons (Fsp3) is 0.706. The summed E-state index contributed by atoms with van der Waals surface area (Å²) in [4.78, 5) is 56.4. The summed E-state index contributed by atoms with van der Waals surface area (Å²) in [5.74, 6) is -0.738. The molecule has 2 aliphatic rings. The van der Waals surface area contributed by atoms with E-state index >= 15 is 0 Å². The van der Waals surface area contributed by atoms with Crippen LogP contribution in [0.5, 0.6) is 0 Å². The number of aromatic nitrogens is 2. The SMILES string of the molecule is CC(=O)N[C@H]1[C@@H](OP(=O)(O)OP(=O)(O)OC[C@H]2O[C@@H](n3ccc(=O)[nH]c3=O)[C@H](O)[C@@H]2O)O[C@H](C)[C@@H](O)[C@@H]1O. The molecule has 38 heavy (non-hydrogen) atoms. The third kappa shape index (κ3) is 7.22. The highest BCUT2D eigenvalue weighted by molar-refractivity contribution is 7.61. The zero-order valence-electron chi connectivity index (χ0n) is 19.7. The smallest absolute Gasteiger partial charge is 0.388 e. The summed E-state index contributed by atoms with van der Waals surface area (Å²) >= 11 is 0. The molecule has 0 radical (unpaired) electrons. The number of H-pyrrole nitrogens is 1. The van der Waals surface area contributed by atoms with Crippen molar-refractivity contribution in [3.05, 3.63) is 33.1 Å². The first-order valence-electron chi connectivity index (χ1n) is 10.8. The molecule has 3 heterocycles. The van der Waals surface area contributed by atoms with E-state index in [-0.39, 0.29) is 0 Å². The van der Waals surface area contributed by atoms with E-state index in [0.29, 0.717) is 0 Å². The Balaban J connectivity index is 1.64. The molecule has 1 aromatic heterocycles. The minimum Gasteiger partial charge on any atom is -0.388 e. The average molecular weight is 591 g/mol. The van der Waals surface area contributed by atoms with E-state index in [1.54, 1.807) is 0 Å². The second kappa shape index (κ2) is 11.7. The highest BCUT2D eigenvalue weighted by Crippen LogP contribution is 2.61. The van der Waals surface area contributed by atoms with Gasteiger partial charge in [0.2, 0.25) is 5.91 Å². The summed E-state index contributed by atoms with van der Waals surface area (Å²) in [6.07, 6.45) is -12.0. The number of aliphatic hydroxyl groups is 4. The third-order valence-corrected chi connectivity index (χ3v) is 8.12. The number of phosphoric acid groups is 2. The van der Waals surface area contributed by atoms with Crippen LogP contribution in [0.3, 0.4) is 0 Å². The van der Waals surface area contributed by atoms with E-state index < -0.39 is 94.6 Å². The van der Waals surface area contributed by atoms with Gasteiger partial charge in [-0.1, -0.05) is 0 Å². The predicted molar refractivity (Wildman–Crippen MR) is 119 cm³/mol. The lowest BCUT2D eigenvalue weighted by Crippen LogP contribution is -2.63. The molecule has 2 unspecified atom stereocenters. The molecule has 1 aromatic rings. The van der Waals surface area contributed by atoms with Crippen molar-refractivity contribution in [3.63, 3.8) is 0 Å². The van der Waals surface area contributed by atoms with Crippen LogP contribution in [0.4, 0.5) is 0 Å². The summed E-state index contributed by atoms with van der Waals surface area (Å²) in [6, 6.07) is -0.645. The van der Waals surface area contributed by atoms with E-state index in [4.69, 9.17) is 14.0 Å². The van der Waals surface area contributed by atoms with Gasteiger partial charge in [0.15, 0.2) is 12.5 Å². The maximum atomic E-state index is 12.4. The van der Waals surface area contributed by atoms with Crippen LogP contribution >= 0.6 is 15.6 Å². The summed E-state index contributed by atoms with van der Waals surface area (Å²) in [5, 5.41) is 42.6. The molecule has 0 spiro atoms. The molecule has 0 saturated carbocycles. The Morgan fingerprint density at radius 3 is 2.34 bits per heavy atom. The fourth-order valence-corrected chi connectivity index (χ4v) is 5.87. The van der Waals surface area contributed by atoms with Crippen molar-refractivity contribution in [1.82, 2.24) is 14.9 Å². The van der Waals surface area contributed by atoms with Gasteiger partial charge >= 0.3 is 21.3 Å². The maximum Gasteiger partial charge on any atom is 0.483 e. The van der Waals surface area contributed by atoms with Crippen LogP contribution in [0, 0.1) is 0 Å². The minimum absolute atomic E-state index is 0.738.